The minimum Gasteiger partial charge on any atom is -0.346 e. The van der Waals surface area contributed by atoms with Gasteiger partial charge in [-0.25, -0.2) is 9.97 Å². The Morgan fingerprint density at radius 1 is 1.14 bits per heavy atom. The van der Waals surface area contributed by atoms with Crippen LogP contribution in [0.5, 0.6) is 0 Å². The van der Waals surface area contributed by atoms with Crippen LogP contribution in [0.1, 0.15) is 23.6 Å². The number of aromatic nitrogens is 4. The van der Waals surface area contributed by atoms with E-state index in [0.29, 0.717) is 29.0 Å². The summed E-state index contributed by atoms with van der Waals surface area (Å²) in [5.41, 5.74) is 1.73. The van der Waals surface area contributed by atoms with E-state index < -0.39 is 11.7 Å². The molecule has 4 rings (SSSR count). The molecule has 1 aromatic carbocycles. The minimum atomic E-state index is -4.46. The van der Waals surface area contributed by atoms with Gasteiger partial charge in [-0.15, -0.1) is 0 Å². The van der Waals surface area contributed by atoms with E-state index in [0.717, 1.165) is 23.1 Å². The van der Waals surface area contributed by atoms with Crippen molar-refractivity contribution in [2.24, 2.45) is 0 Å². The largest absolute Gasteiger partial charge is 0.416 e. The predicted molar refractivity (Wildman–Crippen MR) is 97.7 cm³/mol. The minimum absolute atomic E-state index is 0.274. The van der Waals surface area contributed by atoms with Crippen LogP contribution in [0.25, 0.3) is 28.0 Å². The second-order valence-electron chi connectivity index (χ2n) is 6.27. The molecular weight excluding hydrogens is 367 g/mol. The summed E-state index contributed by atoms with van der Waals surface area (Å²) in [5, 5.41) is 10.3. The van der Waals surface area contributed by atoms with Crippen LogP contribution in [-0.2, 0) is 12.6 Å². The number of halogens is 3. The zero-order chi connectivity index (χ0) is 19.9. The van der Waals surface area contributed by atoms with E-state index in [4.69, 9.17) is 0 Å². The summed E-state index contributed by atoms with van der Waals surface area (Å²) in [5.74, 6) is 0.541. The Labute approximate surface area is 158 Å². The lowest BCUT2D eigenvalue weighted by molar-refractivity contribution is -0.137. The topological polar surface area (TPSA) is 70.3 Å². The Hall–Kier alpha value is -3.60. The molecule has 0 saturated carbocycles. The lowest BCUT2D eigenvalue weighted by Gasteiger charge is -2.12. The van der Waals surface area contributed by atoms with Crippen LogP contribution in [0.3, 0.4) is 0 Å². The van der Waals surface area contributed by atoms with Crippen molar-refractivity contribution < 1.29 is 13.2 Å². The fourth-order valence-corrected chi connectivity index (χ4v) is 3.26. The number of benzene rings is 1. The number of fused-ring (bicyclic) bond motifs is 1. The number of nitriles is 1. The first-order valence-corrected chi connectivity index (χ1v) is 8.53. The summed E-state index contributed by atoms with van der Waals surface area (Å²) < 4.78 is 41.3. The summed E-state index contributed by atoms with van der Waals surface area (Å²) in [6.45, 7) is 1.86. The van der Waals surface area contributed by atoms with Crippen LogP contribution in [0, 0.1) is 11.3 Å². The van der Waals surface area contributed by atoms with Gasteiger partial charge in [-0.2, -0.15) is 18.4 Å². The maximum absolute atomic E-state index is 13.2. The molecule has 0 spiro atoms. The molecule has 0 fully saturated rings. The van der Waals surface area contributed by atoms with Crippen molar-refractivity contribution in [1.29, 1.82) is 5.26 Å². The molecule has 0 unspecified atom stereocenters. The van der Waals surface area contributed by atoms with Gasteiger partial charge in [0.2, 0.25) is 0 Å². The Morgan fingerprint density at radius 2 is 1.96 bits per heavy atom. The molecule has 3 heterocycles. The highest BCUT2D eigenvalue weighted by Gasteiger charge is 2.31. The monoisotopic (exact) mass is 381 g/mol. The van der Waals surface area contributed by atoms with Crippen molar-refractivity contribution in [2.75, 3.05) is 0 Å². The molecule has 0 bridgehead atoms. The molecule has 0 atom stereocenters. The van der Waals surface area contributed by atoms with Gasteiger partial charge in [0.15, 0.2) is 0 Å². The number of hydrogen-bond donors (Lipinski definition) is 1. The third kappa shape index (κ3) is 2.91. The number of alkyl halides is 3. The van der Waals surface area contributed by atoms with Gasteiger partial charge in [0.1, 0.15) is 23.9 Å². The molecule has 0 aliphatic carbocycles. The maximum Gasteiger partial charge on any atom is 0.416 e. The lowest BCUT2D eigenvalue weighted by Crippen LogP contribution is -2.05. The SMILES string of the molecule is CCc1ccc(C(F)(F)F)cc1-c1cn(-c2ncnc3[nH]ccc23)cc1C#N. The third-order valence-electron chi connectivity index (χ3n) is 4.63. The summed E-state index contributed by atoms with van der Waals surface area (Å²) in [6.07, 6.45) is 2.41. The van der Waals surface area contributed by atoms with Crippen molar-refractivity contribution in [3.8, 4) is 23.0 Å². The van der Waals surface area contributed by atoms with Crippen LogP contribution < -0.4 is 0 Å². The molecule has 3 aromatic heterocycles. The van der Waals surface area contributed by atoms with Crippen LogP contribution >= 0.6 is 0 Å². The molecule has 1 N–H and O–H groups in total. The number of hydrogen-bond acceptors (Lipinski definition) is 3. The summed E-state index contributed by atoms with van der Waals surface area (Å²) in [6, 6.07) is 7.52. The Bertz CT molecular complexity index is 1210. The van der Waals surface area contributed by atoms with E-state index in [9.17, 15) is 18.4 Å². The second kappa shape index (κ2) is 6.53. The fourth-order valence-electron chi connectivity index (χ4n) is 3.26. The maximum atomic E-state index is 13.2. The molecule has 28 heavy (non-hydrogen) atoms. The van der Waals surface area contributed by atoms with E-state index >= 15 is 0 Å². The van der Waals surface area contributed by atoms with Gasteiger partial charge in [0, 0.05) is 24.2 Å². The van der Waals surface area contributed by atoms with Gasteiger partial charge in [0.05, 0.1) is 16.5 Å². The highest BCUT2D eigenvalue weighted by Crippen LogP contribution is 2.36. The first-order chi connectivity index (χ1) is 13.4. The zero-order valence-corrected chi connectivity index (χ0v) is 14.7. The second-order valence-corrected chi connectivity index (χ2v) is 6.27. The molecule has 8 heteroatoms. The standard InChI is InChI=1S/C20H14F3N5/c1-2-12-3-4-14(20(21,22)23)7-16(12)17-10-28(9-13(17)8-24)19-15-5-6-25-18(15)26-11-27-19/h3-7,9-11H,2H2,1H3,(H,25,26,27). The molecule has 0 saturated heterocycles. The summed E-state index contributed by atoms with van der Waals surface area (Å²) in [4.78, 5) is 11.4. The molecule has 0 aliphatic heterocycles. The zero-order valence-electron chi connectivity index (χ0n) is 14.7. The average molecular weight is 381 g/mol. The van der Waals surface area contributed by atoms with Crippen LogP contribution in [-0.4, -0.2) is 19.5 Å². The highest BCUT2D eigenvalue weighted by molar-refractivity contribution is 5.83. The normalized spacial score (nSPS) is 11.7. The predicted octanol–water partition coefficient (Wildman–Crippen LogP) is 4.87. The molecule has 0 aliphatic rings. The number of nitrogens with one attached hydrogen (secondary N) is 1. The Kier molecular flexibility index (Phi) is 4.15. The summed E-state index contributed by atoms with van der Waals surface area (Å²) >= 11 is 0. The van der Waals surface area contributed by atoms with Crippen molar-refractivity contribution in [1.82, 2.24) is 19.5 Å². The van der Waals surface area contributed by atoms with Crippen molar-refractivity contribution >= 4 is 11.0 Å². The Morgan fingerprint density at radius 3 is 2.68 bits per heavy atom. The van der Waals surface area contributed by atoms with Gasteiger partial charge in [-0.1, -0.05) is 13.0 Å². The number of aromatic amines is 1. The van der Waals surface area contributed by atoms with Crippen molar-refractivity contribution in [2.45, 2.75) is 19.5 Å². The van der Waals surface area contributed by atoms with Gasteiger partial charge >= 0.3 is 6.18 Å². The molecule has 4 aromatic rings. The Balaban J connectivity index is 1.93. The quantitative estimate of drug-likeness (QED) is 0.550. The highest BCUT2D eigenvalue weighted by atomic mass is 19.4. The van der Waals surface area contributed by atoms with E-state index in [2.05, 4.69) is 21.0 Å². The van der Waals surface area contributed by atoms with E-state index in [1.165, 1.54) is 12.4 Å². The number of aryl methyl sites for hydroxylation is 1. The van der Waals surface area contributed by atoms with Gasteiger partial charge in [-0.05, 0) is 35.7 Å². The van der Waals surface area contributed by atoms with E-state index in [1.54, 1.807) is 29.2 Å². The lowest BCUT2D eigenvalue weighted by atomic mass is 9.95. The number of nitrogens with zero attached hydrogens (tertiary/aromatic N) is 4. The van der Waals surface area contributed by atoms with Crippen LogP contribution in [0.2, 0.25) is 0 Å². The summed E-state index contributed by atoms with van der Waals surface area (Å²) in [7, 11) is 0. The average Bonchev–Trinajstić information content (AvgIpc) is 3.33. The smallest absolute Gasteiger partial charge is 0.346 e. The molecule has 140 valence electrons. The van der Waals surface area contributed by atoms with Crippen molar-refractivity contribution in [3.63, 3.8) is 0 Å². The van der Waals surface area contributed by atoms with E-state index in [-0.39, 0.29) is 5.56 Å². The van der Waals surface area contributed by atoms with Gasteiger partial charge < -0.3 is 9.55 Å². The van der Waals surface area contributed by atoms with Crippen LogP contribution in [0.4, 0.5) is 13.2 Å². The third-order valence-corrected chi connectivity index (χ3v) is 4.63. The fraction of sp³-hybridized carbons (Fsp3) is 0.150. The van der Waals surface area contributed by atoms with Gasteiger partial charge in [-0.3, -0.25) is 0 Å². The molecular formula is C20H14F3N5. The van der Waals surface area contributed by atoms with Crippen molar-refractivity contribution in [3.05, 3.63) is 65.9 Å². The number of H-pyrrole nitrogens is 1. The molecule has 5 nitrogen and oxygen atoms in total. The number of rotatable bonds is 3. The first kappa shape index (κ1) is 17.8. The first-order valence-electron chi connectivity index (χ1n) is 8.53. The molecule has 0 amide bonds. The molecule has 0 radical (unpaired) electrons. The van der Waals surface area contributed by atoms with Gasteiger partial charge in [0.25, 0.3) is 0 Å². The van der Waals surface area contributed by atoms with Crippen LogP contribution in [0.15, 0.2) is 49.2 Å². The van der Waals surface area contributed by atoms with E-state index in [1.807, 2.05) is 6.92 Å².